The first-order valence-electron chi connectivity index (χ1n) is 6.75. The zero-order chi connectivity index (χ0) is 15.9. The van der Waals surface area contributed by atoms with Gasteiger partial charge in [0.05, 0.1) is 12.2 Å². The first-order valence-corrected chi connectivity index (χ1v) is 7.13. The summed E-state index contributed by atoms with van der Waals surface area (Å²) < 4.78 is 10.5. The topological polar surface area (TPSA) is 60.5 Å². The van der Waals surface area contributed by atoms with Crippen LogP contribution in [0.1, 0.15) is 15.9 Å². The van der Waals surface area contributed by atoms with Crippen molar-refractivity contribution in [3.8, 4) is 5.75 Å². The summed E-state index contributed by atoms with van der Waals surface area (Å²) in [7, 11) is 1.59. The third-order valence-electron chi connectivity index (χ3n) is 3.00. The molecular weight excluding hydrogens is 304 g/mol. The molecule has 1 aromatic carbocycles. The van der Waals surface area contributed by atoms with Crippen molar-refractivity contribution in [1.29, 1.82) is 0 Å². The molecule has 0 aliphatic carbocycles. The van der Waals surface area contributed by atoms with Gasteiger partial charge in [0.25, 0.3) is 5.91 Å². The van der Waals surface area contributed by atoms with Gasteiger partial charge in [0.1, 0.15) is 12.4 Å². The summed E-state index contributed by atoms with van der Waals surface area (Å²) in [6.45, 7) is 2.66. The number of halogens is 1. The Kier molecular flexibility index (Phi) is 5.75. The van der Waals surface area contributed by atoms with Crippen LogP contribution in [0, 0.1) is 6.92 Å². The number of pyridine rings is 1. The maximum Gasteiger partial charge on any atom is 0.259 e. The third kappa shape index (κ3) is 4.19. The van der Waals surface area contributed by atoms with Crippen molar-refractivity contribution in [1.82, 2.24) is 4.98 Å². The van der Waals surface area contributed by atoms with E-state index in [2.05, 4.69) is 10.3 Å². The number of aromatic nitrogens is 1. The van der Waals surface area contributed by atoms with E-state index in [0.717, 1.165) is 5.56 Å². The number of benzene rings is 1. The third-order valence-corrected chi connectivity index (χ3v) is 3.23. The van der Waals surface area contributed by atoms with Crippen LogP contribution in [0.15, 0.2) is 36.7 Å². The van der Waals surface area contributed by atoms with Gasteiger partial charge in [-0.2, -0.15) is 0 Å². The van der Waals surface area contributed by atoms with Crippen LogP contribution in [-0.2, 0) is 4.74 Å². The van der Waals surface area contributed by atoms with Gasteiger partial charge in [-0.1, -0.05) is 11.6 Å². The molecule has 0 bridgehead atoms. The van der Waals surface area contributed by atoms with Crippen LogP contribution in [0.3, 0.4) is 0 Å². The Morgan fingerprint density at radius 1 is 1.32 bits per heavy atom. The molecule has 0 unspecified atom stereocenters. The average molecular weight is 321 g/mol. The van der Waals surface area contributed by atoms with Gasteiger partial charge in [0.15, 0.2) is 0 Å². The lowest BCUT2D eigenvalue weighted by molar-refractivity contribution is 0.101. The SMILES string of the molecule is COCCOc1ccc(Cl)cc1C(=O)Nc1ccncc1C. The molecule has 0 fully saturated rings. The van der Waals surface area contributed by atoms with Gasteiger partial charge in [-0.25, -0.2) is 0 Å². The molecule has 1 aromatic heterocycles. The molecule has 0 saturated carbocycles. The summed E-state index contributed by atoms with van der Waals surface area (Å²) in [4.78, 5) is 16.5. The minimum Gasteiger partial charge on any atom is -0.490 e. The molecule has 0 atom stereocenters. The van der Waals surface area contributed by atoms with E-state index in [1.54, 1.807) is 43.8 Å². The zero-order valence-corrected chi connectivity index (χ0v) is 13.2. The minimum atomic E-state index is -0.288. The van der Waals surface area contributed by atoms with E-state index in [0.29, 0.717) is 35.2 Å². The lowest BCUT2D eigenvalue weighted by atomic mass is 10.1. The van der Waals surface area contributed by atoms with Crippen molar-refractivity contribution < 1.29 is 14.3 Å². The van der Waals surface area contributed by atoms with Crippen molar-refractivity contribution in [2.24, 2.45) is 0 Å². The first-order chi connectivity index (χ1) is 10.6. The minimum absolute atomic E-state index is 0.288. The first kappa shape index (κ1) is 16.3. The summed E-state index contributed by atoms with van der Waals surface area (Å²) in [6, 6.07) is 6.67. The van der Waals surface area contributed by atoms with Crippen LogP contribution in [0.2, 0.25) is 5.02 Å². The van der Waals surface area contributed by atoms with Crippen molar-refractivity contribution in [2.75, 3.05) is 25.6 Å². The number of hydrogen-bond donors (Lipinski definition) is 1. The number of hydrogen-bond acceptors (Lipinski definition) is 4. The van der Waals surface area contributed by atoms with Gasteiger partial charge in [0, 0.05) is 30.2 Å². The second-order valence-corrected chi connectivity index (χ2v) is 5.06. The average Bonchev–Trinajstić information content (AvgIpc) is 2.51. The molecule has 1 heterocycles. The van der Waals surface area contributed by atoms with Crippen LogP contribution in [-0.4, -0.2) is 31.2 Å². The van der Waals surface area contributed by atoms with E-state index in [9.17, 15) is 4.79 Å². The summed E-state index contributed by atoms with van der Waals surface area (Å²) in [5.74, 6) is 0.176. The van der Waals surface area contributed by atoms with Gasteiger partial charge in [-0.15, -0.1) is 0 Å². The molecule has 1 amide bonds. The predicted molar refractivity (Wildman–Crippen MR) is 85.8 cm³/mol. The molecule has 0 aliphatic rings. The van der Waals surface area contributed by atoms with Crippen molar-refractivity contribution in [2.45, 2.75) is 6.92 Å². The number of carbonyl (C=O) groups excluding carboxylic acids is 1. The predicted octanol–water partition coefficient (Wildman–Crippen LogP) is 3.32. The van der Waals surface area contributed by atoms with Crippen LogP contribution in [0.4, 0.5) is 5.69 Å². The molecule has 6 heteroatoms. The highest BCUT2D eigenvalue weighted by atomic mass is 35.5. The molecule has 5 nitrogen and oxygen atoms in total. The molecule has 116 valence electrons. The van der Waals surface area contributed by atoms with Crippen LogP contribution in [0.5, 0.6) is 5.75 Å². The van der Waals surface area contributed by atoms with E-state index in [-0.39, 0.29) is 5.91 Å². The van der Waals surface area contributed by atoms with Crippen molar-refractivity contribution >= 4 is 23.2 Å². The summed E-state index contributed by atoms with van der Waals surface area (Å²) in [6.07, 6.45) is 3.31. The van der Waals surface area contributed by atoms with E-state index < -0.39 is 0 Å². The van der Waals surface area contributed by atoms with Gasteiger partial charge in [-0.3, -0.25) is 9.78 Å². The van der Waals surface area contributed by atoms with E-state index >= 15 is 0 Å². The van der Waals surface area contributed by atoms with Gasteiger partial charge >= 0.3 is 0 Å². The van der Waals surface area contributed by atoms with Gasteiger partial charge in [0.2, 0.25) is 0 Å². The highest BCUT2D eigenvalue weighted by Gasteiger charge is 2.14. The summed E-state index contributed by atoms with van der Waals surface area (Å²) in [5.41, 5.74) is 1.95. The largest absolute Gasteiger partial charge is 0.490 e. The molecule has 0 radical (unpaired) electrons. The Balaban J connectivity index is 2.20. The Bertz CT molecular complexity index is 662. The fourth-order valence-corrected chi connectivity index (χ4v) is 2.02. The lowest BCUT2D eigenvalue weighted by Gasteiger charge is -2.13. The van der Waals surface area contributed by atoms with Crippen molar-refractivity contribution in [3.05, 3.63) is 52.8 Å². The second-order valence-electron chi connectivity index (χ2n) is 4.63. The van der Waals surface area contributed by atoms with E-state index in [1.165, 1.54) is 0 Å². The number of anilines is 1. The number of nitrogens with one attached hydrogen (secondary N) is 1. The van der Waals surface area contributed by atoms with Gasteiger partial charge in [-0.05, 0) is 36.8 Å². The number of nitrogens with zero attached hydrogens (tertiary/aromatic N) is 1. The molecule has 2 aromatic rings. The Morgan fingerprint density at radius 3 is 2.86 bits per heavy atom. The molecule has 0 aliphatic heterocycles. The molecule has 22 heavy (non-hydrogen) atoms. The summed E-state index contributed by atoms with van der Waals surface area (Å²) >= 11 is 5.99. The number of aryl methyl sites for hydroxylation is 1. The number of amides is 1. The summed E-state index contributed by atoms with van der Waals surface area (Å²) in [5, 5.41) is 3.30. The number of rotatable bonds is 6. The zero-order valence-electron chi connectivity index (χ0n) is 12.4. The van der Waals surface area contributed by atoms with E-state index in [1.807, 2.05) is 6.92 Å². The quantitative estimate of drug-likeness (QED) is 0.829. The highest BCUT2D eigenvalue weighted by Crippen LogP contribution is 2.24. The number of carbonyl (C=O) groups is 1. The smallest absolute Gasteiger partial charge is 0.259 e. The maximum absolute atomic E-state index is 12.5. The molecular formula is C16H17ClN2O3. The van der Waals surface area contributed by atoms with Crippen LogP contribution >= 0.6 is 11.6 Å². The fourth-order valence-electron chi connectivity index (χ4n) is 1.84. The van der Waals surface area contributed by atoms with Crippen molar-refractivity contribution in [3.63, 3.8) is 0 Å². The van der Waals surface area contributed by atoms with Gasteiger partial charge < -0.3 is 14.8 Å². The monoisotopic (exact) mass is 320 g/mol. The normalized spacial score (nSPS) is 10.3. The second kappa shape index (κ2) is 7.77. The Morgan fingerprint density at radius 2 is 2.14 bits per heavy atom. The van der Waals surface area contributed by atoms with Crippen LogP contribution < -0.4 is 10.1 Å². The standard InChI is InChI=1S/C16H17ClN2O3/c1-11-10-18-6-5-14(11)19-16(20)13-9-12(17)3-4-15(13)22-8-7-21-2/h3-6,9-10H,7-8H2,1-2H3,(H,18,19,20). The lowest BCUT2D eigenvalue weighted by Crippen LogP contribution is -2.15. The maximum atomic E-state index is 12.5. The highest BCUT2D eigenvalue weighted by molar-refractivity contribution is 6.31. The molecule has 2 rings (SSSR count). The fraction of sp³-hybridized carbons (Fsp3) is 0.250. The van der Waals surface area contributed by atoms with E-state index in [4.69, 9.17) is 21.1 Å². The molecule has 1 N–H and O–H groups in total. The number of ether oxygens (including phenoxy) is 2. The molecule has 0 spiro atoms. The number of methoxy groups -OCH3 is 1. The Labute approximate surface area is 134 Å². The molecule has 0 saturated heterocycles. The Hall–Kier alpha value is -2.11. The van der Waals surface area contributed by atoms with Crippen LogP contribution in [0.25, 0.3) is 0 Å².